The summed E-state index contributed by atoms with van der Waals surface area (Å²) in [5.41, 5.74) is 0.268. The van der Waals surface area contributed by atoms with Crippen LogP contribution in [0, 0.1) is 10.1 Å². The number of carbonyl (C=O) groups is 1. The third-order valence-corrected chi connectivity index (χ3v) is 6.99. The van der Waals surface area contributed by atoms with E-state index in [2.05, 4.69) is 10.3 Å². The highest BCUT2D eigenvalue weighted by Gasteiger charge is 2.25. The van der Waals surface area contributed by atoms with Crippen molar-refractivity contribution in [1.29, 1.82) is 0 Å². The normalized spacial score (nSPS) is 12.1. The van der Waals surface area contributed by atoms with Gasteiger partial charge in [0, 0.05) is 30.2 Å². The number of nitrogens with zero attached hydrogens (tertiary/aromatic N) is 2. The molecule has 0 saturated carbocycles. The zero-order valence-electron chi connectivity index (χ0n) is 14.2. The predicted molar refractivity (Wildman–Crippen MR) is 110 cm³/mol. The predicted octanol–water partition coefficient (Wildman–Crippen LogP) is 5.49. The second-order valence-electron chi connectivity index (χ2n) is 5.60. The topological polar surface area (TPSA) is 104 Å². The lowest BCUT2D eigenvalue weighted by Gasteiger charge is -2.04. The van der Waals surface area contributed by atoms with Crippen LogP contribution in [0.25, 0.3) is 0 Å². The van der Waals surface area contributed by atoms with E-state index in [-0.39, 0.29) is 31.6 Å². The van der Waals surface area contributed by atoms with Crippen LogP contribution in [0.3, 0.4) is 0 Å². The van der Waals surface area contributed by atoms with E-state index in [1.54, 1.807) is 18.2 Å². The number of thiophene rings is 1. The Kier molecular flexibility index (Phi) is 5.50. The lowest BCUT2D eigenvalue weighted by atomic mass is 10.2. The molecule has 1 aliphatic heterocycles. The maximum Gasteiger partial charge on any atom is 0.294 e. The highest BCUT2D eigenvalue weighted by atomic mass is 35.5. The molecule has 0 atom stereocenters. The minimum absolute atomic E-state index is 0.116. The summed E-state index contributed by atoms with van der Waals surface area (Å²) in [5, 5.41) is 14.7. The van der Waals surface area contributed by atoms with Gasteiger partial charge in [-0.05, 0) is 12.1 Å². The van der Waals surface area contributed by atoms with Crippen LogP contribution in [0.15, 0.2) is 45.8 Å². The van der Waals surface area contributed by atoms with Gasteiger partial charge in [-0.3, -0.25) is 19.9 Å². The summed E-state index contributed by atoms with van der Waals surface area (Å²) in [5.74, 6) is 0.605. The first-order valence-corrected chi connectivity index (χ1v) is 10.3. The van der Waals surface area contributed by atoms with E-state index in [0.29, 0.717) is 22.1 Å². The number of amides is 1. The Morgan fingerprint density at radius 3 is 2.66 bits per heavy atom. The average molecular weight is 470 g/mol. The summed E-state index contributed by atoms with van der Waals surface area (Å²) in [6.07, 6.45) is 2.78. The summed E-state index contributed by atoms with van der Waals surface area (Å²) in [6.45, 7) is 0.116. The van der Waals surface area contributed by atoms with E-state index in [1.807, 2.05) is 0 Å². The van der Waals surface area contributed by atoms with Crippen LogP contribution in [0.2, 0.25) is 10.0 Å². The van der Waals surface area contributed by atoms with Crippen molar-refractivity contribution < 1.29 is 19.2 Å². The maximum atomic E-state index is 12.6. The highest BCUT2D eigenvalue weighted by Crippen LogP contribution is 2.45. The fourth-order valence-electron chi connectivity index (χ4n) is 2.43. The molecule has 0 unspecified atom stereocenters. The number of pyridine rings is 1. The van der Waals surface area contributed by atoms with E-state index in [1.165, 1.54) is 18.5 Å². The Morgan fingerprint density at radius 2 is 1.93 bits per heavy atom. The van der Waals surface area contributed by atoms with Crippen LogP contribution in [0.4, 0.5) is 11.4 Å². The SMILES string of the molecule is O=C(Nc1ccc2c(c1)OCO2)c1cc([N+](=O)[O-])c(Sc2c(Cl)cncc2Cl)s1. The van der Waals surface area contributed by atoms with Crippen LogP contribution in [-0.2, 0) is 0 Å². The zero-order valence-corrected chi connectivity index (χ0v) is 17.3. The Morgan fingerprint density at radius 1 is 1.21 bits per heavy atom. The molecule has 1 N–H and O–H groups in total. The van der Waals surface area contributed by atoms with Gasteiger partial charge in [-0.1, -0.05) is 35.0 Å². The van der Waals surface area contributed by atoms with Gasteiger partial charge in [-0.15, -0.1) is 11.3 Å². The Balaban J connectivity index is 1.60. The molecule has 3 heterocycles. The molecule has 29 heavy (non-hydrogen) atoms. The number of hydrogen-bond acceptors (Lipinski definition) is 8. The molecule has 3 aromatic rings. The fraction of sp³-hybridized carbons (Fsp3) is 0.0588. The lowest BCUT2D eigenvalue weighted by Crippen LogP contribution is -2.09. The number of fused-ring (bicyclic) bond motifs is 1. The molecule has 0 fully saturated rings. The Hall–Kier alpha value is -2.53. The van der Waals surface area contributed by atoms with Crippen LogP contribution < -0.4 is 14.8 Å². The molecule has 0 radical (unpaired) electrons. The molecule has 4 rings (SSSR count). The summed E-state index contributed by atoms with van der Waals surface area (Å²) >= 11 is 14.2. The number of anilines is 1. The van der Waals surface area contributed by atoms with Gasteiger partial charge in [0.05, 0.1) is 19.9 Å². The van der Waals surface area contributed by atoms with Crippen LogP contribution in [0.1, 0.15) is 9.67 Å². The Bertz CT molecular complexity index is 1120. The van der Waals surface area contributed by atoms with Gasteiger partial charge in [-0.25, -0.2) is 0 Å². The van der Waals surface area contributed by atoms with Crippen LogP contribution >= 0.6 is 46.3 Å². The Labute approximate surface area is 181 Å². The summed E-state index contributed by atoms with van der Waals surface area (Å²) in [7, 11) is 0. The van der Waals surface area contributed by atoms with Gasteiger partial charge in [-0.2, -0.15) is 0 Å². The van der Waals surface area contributed by atoms with E-state index < -0.39 is 10.8 Å². The third kappa shape index (κ3) is 4.10. The molecule has 0 aliphatic carbocycles. The van der Waals surface area contributed by atoms with Gasteiger partial charge >= 0.3 is 0 Å². The average Bonchev–Trinajstić information content (AvgIpc) is 3.31. The number of halogens is 2. The van der Waals surface area contributed by atoms with E-state index in [0.717, 1.165) is 23.1 Å². The van der Waals surface area contributed by atoms with Crippen molar-refractivity contribution in [1.82, 2.24) is 4.98 Å². The van der Waals surface area contributed by atoms with Crippen molar-refractivity contribution >= 4 is 63.6 Å². The largest absolute Gasteiger partial charge is 0.454 e. The first-order valence-electron chi connectivity index (χ1n) is 7.88. The van der Waals surface area contributed by atoms with Crippen LogP contribution in [-0.4, -0.2) is 22.6 Å². The third-order valence-electron chi connectivity index (χ3n) is 3.73. The lowest BCUT2D eigenvalue weighted by molar-refractivity contribution is -0.387. The molecule has 0 saturated heterocycles. The number of rotatable bonds is 5. The van der Waals surface area contributed by atoms with Crippen molar-refractivity contribution in [3.63, 3.8) is 0 Å². The summed E-state index contributed by atoms with van der Waals surface area (Å²) < 4.78 is 10.8. The molecule has 1 aliphatic rings. The molecular formula is C17H9Cl2N3O5S2. The second-order valence-corrected chi connectivity index (χ2v) is 8.74. The minimum atomic E-state index is -0.556. The van der Waals surface area contributed by atoms with Crippen LogP contribution in [0.5, 0.6) is 11.5 Å². The number of carbonyl (C=O) groups excluding carboxylic acids is 1. The molecule has 12 heteroatoms. The summed E-state index contributed by atoms with van der Waals surface area (Å²) in [4.78, 5) is 28.0. The van der Waals surface area contributed by atoms with Crippen molar-refractivity contribution in [2.45, 2.75) is 9.10 Å². The standard InChI is InChI=1S/C17H9Cl2N3O5S2/c18-9-5-20-6-10(19)15(9)29-17-11(22(24)25)4-14(28-17)16(23)21-8-1-2-12-13(3-8)27-7-26-12/h1-6H,7H2,(H,21,23). The molecular weight excluding hydrogens is 461 g/mol. The van der Waals surface area contributed by atoms with Gasteiger partial charge in [0.15, 0.2) is 11.5 Å². The monoisotopic (exact) mass is 469 g/mol. The molecule has 0 bridgehead atoms. The molecule has 0 spiro atoms. The maximum absolute atomic E-state index is 12.6. The molecule has 8 nitrogen and oxygen atoms in total. The van der Waals surface area contributed by atoms with Gasteiger partial charge < -0.3 is 14.8 Å². The molecule has 1 aromatic carbocycles. The van der Waals surface area contributed by atoms with Crippen molar-refractivity contribution in [3.05, 3.63) is 61.7 Å². The number of nitro groups is 1. The molecule has 1 amide bonds. The van der Waals surface area contributed by atoms with Gasteiger partial charge in [0.1, 0.15) is 9.09 Å². The fourth-order valence-corrected chi connectivity index (χ4v) is 5.19. The smallest absolute Gasteiger partial charge is 0.294 e. The van der Waals surface area contributed by atoms with Crippen molar-refractivity contribution in [2.75, 3.05) is 12.1 Å². The molecule has 148 valence electrons. The number of nitrogens with one attached hydrogen (secondary N) is 1. The molecule has 2 aromatic heterocycles. The number of hydrogen-bond donors (Lipinski definition) is 1. The number of ether oxygens (including phenoxy) is 2. The van der Waals surface area contributed by atoms with Gasteiger partial charge in [0.25, 0.3) is 11.6 Å². The minimum Gasteiger partial charge on any atom is -0.454 e. The van der Waals surface area contributed by atoms with Crippen molar-refractivity contribution in [3.8, 4) is 11.5 Å². The number of benzene rings is 1. The first kappa shape index (κ1) is 19.8. The van der Waals surface area contributed by atoms with E-state index >= 15 is 0 Å². The van der Waals surface area contributed by atoms with E-state index in [4.69, 9.17) is 32.7 Å². The zero-order chi connectivity index (χ0) is 20.5. The second kappa shape index (κ2) is 8.07. The summed E-state index contributed by atoms with van der Waals surface area (Å²) in [6, 6.07) is 6.16. The number of aromatic nitrogens is 1. The van der Waals surface area contributed by atoms with E-state index in [9.17, 15) is 14.9 Å². The first-order chi connectivity index (χ1) is 13.9. The highest BCUT2D eigenvalue weighted by molar-refractivity contribution is 8.01. The van der Waals surface area contributed by atoms with Crippen molar-refractivity contribution in [2.24, 2.45) is 0 Å². The quantitative estimate of drug-likeness (QED) is 0.388. The van der Waals surface area contributed by atoms with Gasteiger partial charge in [0.2, 0.25) is 6.79 Å².